The lowest BCUT2D eigenvalue weighted by Gasteiger charge is -2.15. The van der Waals surface area contributed by atoms with Crippen LogP contribution in [0.15, 0.2) is 22.9 Å². The van der Waals surface area contributed by atoms with Crippen molar-refractivity contribution in [1.29, 1.82) is 0 Å². The summed E-state index contributed by atoms with van der Waals surface area (Å²) in [6.07, 6.45) is 9.61. The minimum atomic E-state index is 0.204. The van der Waals surface area contributed by atoms with E-state index in [9.17, 15) is 0 Å². The molecule has 2 nitrogen and oxygen atoms in total. The molecule has 0 aliphatic heterocycles. The predicted molar refractivity (Wildman–Crippen MR) is 61.8 cm³/mol. The summed E-state index contributed by atoms with van der Waals surface area (Å²) in [5, 5.41) is 3.32. The Hall–Kier alpha value is -0.850. The minimum absolute atomic E-state index is 0.204. The first-order valence-corrected chi connectivity index (χ1v) is 5.34. The first kappa shape index (κ1) is 11.2. The van der Waals surface area contributed by atoms with E-state index in [4.69, 9.17) is 6.42 Å². The third-order valence-corrected chi connectivity index (χ3v) is 2.33. The molecule has 14 heavy (non-hydrogen) atoms. The van der Waals surface area contributed by atoms with Gasteiger partial charge in [-0.3, -0.25) is 4.98 Å². The molecule has 0 spiro atoms. The second-order valence-electron chi connectivity index (χ2n) is 2.96. The molecule has 1 N–H and O–H groups in total. The molecule has 74 valence electrons. The number of halogens is 1. The van der Waals surface area contributed by atoms with Crippen molar-refractivity contribution in [3.05, 3.63) is 28.5 Å². The minimum Gasteiger partial charge on any atom is -0.309 e. The summed E-state index contributed by atoms with van der Waals surface area (Å²) in [5.74, 6) is 2.66. The van der Waals surface area contributed by atoms with Gasteiger partial charge in [-0.1, -0.05) is 6.92 Å². The van der Waals surface area contributed by atoms with Crippen molar-refractivity contribution in [2.24, 2.45) is 0 Å². The molecule has 0 fully saturated rings. The van der Waals surface area contributed by atoms with Crippen LogP contribution in [-0.4, -0.2) is 11.5 Å². The van der Waals surface area contributed by atoms with Crippen LogP contribution in [-0.2, 0) is 0 Å². The van der Waals surface area contributed by atoms with E-state index in [2.05, 4.69) is 39.1 Å². The number of terminal acetylenes is 1. The zero-order valence-electron chi connectivity index (χ0n) is 8.13. The Morgan fingerprint density at radius 2 is 2.43 bits per heavy atom. The largest absolute Gasteiger partial charge is 0.309 e. The predicted octanol–water partition coefficient (Wildman–Crippen LogP) is 2.52. The molecule has 0 bridgehead atoms. The van der Waals surface area contributed by atoms with Gasteiger partial charge in [-0.15, -0.1) is 12.3 Å². The Morgan fingerprint density at radius 3 is 3.00 bits per heavy atom. The molecule has 1 unspecified atom stereocenters. The molecule has 0 saturated carbocycles. The molecular weight excluding hydrogens is 240 g/mol. The number of aromatic nitrogens is 1. The topological polar surface area (TPSA) is 24.9 Å². The Kier molecular flexibility index (Phi) is 4.64. The van der Waals surface area contributed by atoms with Gasteiger partial charge in [0.15, 0.2) is 0 Å². The van der Waals surface area contributed by atoms with Crippen LogP contribution in [0.5, 0.6) is 0 Å². The maximum absolute atomic E-state index is 5.31. The number of rotatable bonds is 4. The van der Waals surface area contributed by atoms with Crippen LogP contribution < -0.4 is 5.32 Å². The average molecular weight is 253 g/mol. The molecule has 0 saturated heterocycles. The molecule has 1 atom stereocenters. The summed E-state index contributed by atoms with van der Waals surface area (Å²) >= 11 is 3.39. The summed E-state index contributed by atoms with van der Waals surface area (Å²) < 4.78 is 0.981. The van der Waals surface area contributed by atoms with Gasteiger partial charge in [-0.2, -0.15) is 0 Å². The van der Waals surface area contributed by atoms with E-state index in [-0.39, 0.29) is 6.04 Å². The van der Waals surface area contributed by atoms with Crippen LogP contribution in [0.4, 0.5) is 0 Å². The molecule has 1 aromatic heterocycles. The molecule has 1 aromatic rings. The fourth-order valence-electron chi connectivity index (χ4n) is 1.29. The van der Waals surface area contributed by atoms with Gasteiger partial charge in [-0.05, 0) is 34.1 Å². The van der Waals surface area contributed by atoms with Crippen molar-refractivity contribution in [3.63, 3.8) is 0 Å². The summed E-state index contributed by atoms with van der Waals surface area (Å²) in [7, 11) is 0. The first-order valence-electron chi connectivity index (χ1n) is 4.55. The van der Waals surface area contributed by atoms with Gasteiger partial charge in [-0.25, -0.2) is 0 Å². The van der Waals surface area contributed by atoms with Crippen LogP contribution in [0.25, 0.3) is 0 Å². The molecule has 0 amide bonds. The summed E-state index contributed by atoms with van der Waals surface area (Å²) in [6.45, 7) is 2.97. The van der Waals surface area contributed by atoms with E-state index in [0.717, 1.165) is 16.6 Å². The molecule has 0 aliphatic rings. The van der Waals surface area contributed by atoms with Crippen LogP contribution in [0, 0.1) is 12.3 Å². The van der Waals surface area contributed by atoms with Crippen LogP contribution in [0.1, 0.15) is 24.9 Å². The van der Waals surface area contributed by atoms with Crippen molar-refractivity contribution in [3.8, 4) is 12.3 Å². The van der Waals surface area contributed by atoms with Crippen LogP contribution >= 0.6 is 15.9 Å². The number of hydrogen-bond acceptors (Lipinski definition) is 2. The maximum atomic E-state index is 5.31. The molecule has 0 radical (unpaired) electrons. The Morgan fingerprint density at radius 1 is 1.64 bits per heavy atom. The molecule has 0 aliphatic carbocycles. The molecule has 1 rings (SSSR count). The zero-order chi connectivity index (χ0) is 10.4. The standard InChI is InChI=1S/C11H13BrN2/c1-3-5-11(14-4-2)9-6-10(12)8-13-7-9/h1,6-8,11,14H,4-5H2,2H3. The van der Waals surface area contributed by atoms with Crippen LogP contribution in [0.3, 0.4) is 0 Å². The monoisotopic (exact) mass is 252 g/mol. The molecule has 0 aromatic carbocycles. The van der Waals surface area contributed by atoms with E-state index < -0.39 is 0 Å². The van der Waals surface area contributed by atoms with Gasteiger partial charge < -0.3 is 5.32 Å². The van der Waals surface area contributed by atoms with E-state index in [1.807, 2.05) is 12.3 Å². The third kappa shape index (κ3) is 3.13. The lowest BCUT2D eigenvalue weighted by atomic mass is 10.1. The summed E-state index contributed by atoms with van der Waals surface area (Å²) in [6, 6.07) is 2.24. The number of pyridine rings is 1. The maximum Gasteiger partial charge on any atom is 0.0446 e. The fourth-order valence-corrected chi connectivity index (χ4v) is 1.67. The molecule has 1 heterocycles. The van der Waals surface area contributed by atoms with Crippen LogP contribution in [0.2, 0.25) is 0 Å². The Balaban J connectivity index is 2.82. The van der Waals surface area contributed by atoms with Gasteiger partial charge in [0.05, 0.1) is 0 Å². The van der Waals surface area contributed by atoms with Gasteiger partial charge in [0.25, 0.3) is 0 Å². The van der Waals surface area contributed by atoms with Gasteiger partial charge in [0.1, 0.15) is 0 Å². The summed E-state index contributed by atoms with van der Waals surface area (Å²) in [5.41, 5.74) is 1.12. The molecular formula is C11H13BrN2. The normalized spacial score (nSPS) is 12.1. The Bertz CT molecular complexity index is 330. The number of hydrogen-bond donors (Lipinski definition) is 1. The SMILES string of the molecule is C#CCC(NCC)c1cncc(Br)c1. The van der Waals surface area contributed by atoms with E-state index >= 15 is 0 Å². The first-order chi connectivity index (χ1) is 6.77. The number of nitrogens with zero attached hydrogens (tertiary/aromatic N) is 1. The van der Waals surface area contributed by atoms with Crippen molar-refractivity contribution in [2.75, 3.05) is 6.54 Å². The highest BCUT2D eigenvalue weighted by Gasteiger charge is 2.08. The van der Waals surface area contributed by atoms with Gasteiger partial charge >= 0.3 is 0 Å². The van der Waals surface area contributed by atoms with Gasteiger partial charge in [0, 0.05) is 29.3 Å². The lowest BCUT2D eigenvalue weighted by Crippen LogP contribution is -2.20. The van der Waals surface area contributed by atoms with E-state index in [0.29, 0.717) is 6.42 Å². The van der Waals surface area contributed by atoms with Crippen molar-refractivity contribution in [2.45, 2.75) is 19.4 Å². The molecule has 3 heteroatoms. The highest BCUT2D eigenvalue weighted by molar-refractivity contribution is 9.10. The Labute approximate surface area is 93.3 Å². The second-order valence-corrected chi connectivity index (χ2v) is 3.87. The summed E-state index contributed by atoms with van der Waals surface area (Å²) in [4.78, 5) is 4.11. The van der Waals surface area contributed by atoms with E-state index in [1.54, 1.807) is 6.20 Å². The highest BCUT2D eigenvalue weighted by Crippen LogP contribution is 2.18. The van der Waals surface area contributed by atoms with Crippen molar-refractivity contribution < 1.29 is 0 Å². The van der Waals surface area contributed by atoms with Gasteiger partial charge in [0.2, 0.25) is 0 Å². The van der Waals surface area contributed by atoms with Crippen molar-refractivity contribution >= 4 is 15.9 Å². The van der Waals surface area contributed by atoms with E-state index in [1.165, 1.54) is 0 Å². The average Bonchev–Trinajstić information content (AvgIpc) is 2.17. The fraction of sp³-hybridized carbons (Fsp3) is 0.364. The number of nitrogens with one attached hydrogen (secondary N) is 1. The third-order valence-electron chi connectivity index (χ3n) is 1.90. The smallest absolute Gasteiger partial charge is 0.0446 e. The van der Waals surface area contributed by atoms with Crippen molar-refractivity contribution in [1.82, 2.24) is 10.3 Å². The quantitative estimate of drug-likeness (QED) is 0.834. The zero-order valence-corrected chi connectivity index (χ0v) is 9.71. The second kappa shape index (κ2) is 5.79. The lowest BCUT2D eigenvalue weighted by molar-refractivity contribution is 0.563. The highest BCUT2D eigenvalue weighted by atomic mass is 79.9.